The number of aromatic nitrogens is 1. The fourth-order valence-electron chi connectivity index (χ4n) is 1.69. The molecule has 0 bridgehead atoms. The molecule has 0 spiro atoms. The number of halogens is 4. The molecule has 0 N–H and O–H groups in total. The lowest BCUT2D eigenvalue weighted by Crippen LogP contribution is -2.04. The van der Waals surface area contributed by atoms with Crippen molar-refractivity contribution < 1.29 is 17.6 Å². The Bertz CT molecular complexity index is 654. The Morgan fingerprint density at radius 2 is 1.80 bits per heavy atom. The summed E-state index contributed by atoms with van der Waals surface area (Å²) >= 11 is 0. The highest BCUT2D eigenvalue weighted by Gasteiger charge is 2.30. The number of hydrogen-bond donors (Lipinski definition) is 0. The van der Waals surface area contributed by atoms with E-state index in [1.807, 2.05) is 6.07 Å². The molecule has 0 amide bonds. The Balaban J connectivity index is 2.35. The van der Waals surface area contributed by atoms with Crippen LogP contribution in [0.3, 0.4) is 0 Å². The molecule has 2 aromatic rings. The molecule has 0 fully saturated rings. The summed E-state index contributed by atoms with van der Waals surface area (Å²) < 4.78 is 51.1. The lowest BCUT2D eigenvalue weighted by Gasteiger charge is -2.08. The Labute approximate surface area is 112 Å². The predicted molar refractivity (Wildman–Crippen MR) is 64.0 cm³/mol. The topological polar surface area (TPSA) is 36.7 Å². The second-order valence-corrected chi connectivity index (χ2v) is 4.08. The Morgan fingerprint density at radius 3 is 2.30 bits per heavy atom. The van der Waals surface area contributed by atoms with Crippen molar-refractivity contribution in [2.24, 2.45) is 0 Å². The zero-order valence-electron chi connectivity index (χ0n) is 10.1. The van der Waals surface area contributed by atoms with Gasteiger partial charge in [0.15, 0.2) is 0 Å². The Kier molecular flexibility index (Phi) is 3.70. The van der Waals surface area contributed by atoms with Gasteiger partial charge in [-0.05, 0) is 23.8 Å². The van der Waals surface area contributed by atoms with E-state index in [0.29, 0.717) is 5.56 Å². The molecule has 0 atom stereocenters. The van der Waals surface area contributed by atoms with E-state index in [9.17, 15) is 17.6 Å². The maximum Gasteiger partial charge on any atom is 0.416 e. The highest BCUT2D eigenvalue weighted by molar-refractivity contribution is 5.60. The van der Waals surface area contributed by atoms with E-state index in [1.54, 1.807) is 0 Å². The van der Waals surface area contributed by atoms with Crippen molar-refractivity contribution in [3.05, 3.63) is 53.5 Å². The summed E-state index contributed by atoms with van der Waals surface area (Å²) in [6, 6.07) is 7.10. The van der Waals surface area contributed by atoms with Gasteiger partial charge in [-0.2, -0.15) is 18.4 Å². The zero-order valence-corrected chi connectivity index (χ0v) is 10.1. The average molecular weight is 280 g/mol. The van der Waals surface area contributed by atoms with Gasteiger partial charge in [-0.1, -0.05) is 12.1 Å². The molecular weight excluding hydrogens is 272 g/mol. The largest absolute Gasteiger partial charge is 0.416 e. The number of benzene rings is 1. The molecule has 1 heterocycles. The Hall–Kier alpha value is -2.42. The first-order valence-corrected chi connectivity index (χ1v) is 5.61. The fourth-order valence-corrected chi connectivity index (χ4v) is 1.69. The van der Waals surface area contributed by atoms with Crippen molar-refractivity contribution in [2.45, 2.75) is 12.6 Å². The van der Waals surface area contributed by atoms with Crippen LogP contribution in [-0.2, 0) is 12.6 Å². The van der Waals surface area contributed by atoms with Gasteiger partial charge in [0.1, 0.15) is 11.5 Å². The van der Waals surface area contributed by atoms with Gasteiger partial charge in [-0.3, -0.25) is 4.98 Å². The third-order valence-corrected chi connectivity index (χ3v) is 2.67. The smallest absolute Gasteiger partial charge is 0.253 e. The van der Waals surface area contributed by atoms with Crippen LogP contribution < -0.4 is 0 Å². The molecule has 6 heteroatoms. The van der Waals surface area contributed by atoms with Crippen molar-refractivity contribution in [3.63, 3.8) is 0 Å². The minimum Gasteiger partial charge on any atom is -0.253 e. The van der Waals surface area contributed by atoms with Gasteiger partial charge in [-0.15, -0.1) is 0 Å². The average Bonchev–Trinajstić information content (AvgIpc) is 2.38. The first-order valence-electron chi connectivity index (χ1n) is 5.61. The third-order valence-electron chi connectivity index (χ3n) is 2.67. The molecule has 0 saturated carbocycles. The summed E-state index contributed by atoms with van der Waals surface area (Å²) in [7, 11) is 0. The van der Waals surface area contributed by atoms with Crippen LogP contribution in [0.1, 0.15) is 11.1 Å². The third kappa shape index (κ3) is 2.94. The Morgan fingerprint density at radius 1 is 1.15 bits per heavy atom. The second-order valence-electron chi connectivity index (χ2n) is 4.08. The van der Waals surface area contributed by atoms with Gasteiger partial charge < -0.3 is 0 Å². The van der Waals surface area contributed by atoms with Crippen LogP contribution in [0.5, 0.6) is 0 Å². The van der Waals surface area contributed by atoms with Gasteiger partial charge in [-0.25, -0.2) is 4.39 Å². The van der Waals surface area contributed by atoms with Crippen LogP contribution in [0.15, 0.2) is 36.5 Å². The summed E-state index contributed by atoms with van der Waals surface area (Å²) in [4.78, 5) is 3.85. The quantitative estimate of drug-likeness (QED) is 0.780. The molecule has 0 unspecified atom stereocenters. The maximum atomic E-state index is 13.8. The number of alkyl halides is 3. The lowest BCUT2D eigenvalue weighted by molar-refractivity contribution is -0.137. The number of pyridine rings is 1. The van der Waals surface area contributed by atoms with Gasteiger partial charge >= 0.3 is 6.18 Å². The summed E-state index contributed by atoms with van der Waals surface area (Å²) in [5.74, 6) is -0.669. The van der Waals surface area contributed by atoms with E-state index >= 15 is 0 Å². The predicted octanol–water partition coefficient (Wildman–Crippen LogP) is 3.97. The van der Waals surface area contributed by atoms with E-state index < -0.39 is 17.6 Å². The molecule has 20 heavy (non-hydrogen) atoms. The summed E-state index contributed by atoms with van der Waals surface area (Å²) in [5, 5.41) is 8.50. The van der Waals surface area contributed by atoms with Crippen molar-refractivity contribution in [1.82, 2.24) is 4.98 Å². The molecule has 1 aromatic heterocycles. The van der Waals surface area contributed by atoms with Crippen molar-refractivity contribution in [3.8, 4) is 17.3 Å². The van der Waals surface area contributed by atoms with Gasteiger partial charge in [0.2, 0.25) is 0 Å². The monoisotopic (exact) mass is 280 g/mol. The van der Waals surface area contributed by atoms with Crippen LogP contribution in [0.2, 0.25) is 0 Å². The van der Waals surface area contributed by atoms with Crippen LogP contribution in [0, 0.1) is 17.1 Å². The van der Waals surface area contributed by atoms with Crippen LogP contribution >= 0.6 is 0 Å². The van der Waals surface area contributed by atoms with Crippen LogP contribution in [0.25, 0.3) is 11.3 Å². The molecule has 1 aromatic carbocycles. The summed E-state index contributed by atoms with van der Waals surface area (Å²) in [6.45, 7) is 0. The van der Waals surface area contributed by atoms with Crippen LogP contribution in [0.4, 0.5) is 17.6 Å². The molecule has 0 aliphatic rings. The van der Waals surface area contributed by atoms with Crippen molar-refractivity contribution in [1.29, 1.82) is 5.26 Å². The first-order chi connectivity index (χ1) is 9.41. The zero-order chi connectivity index (χ0) is 14.8. The molecule has 2 nitrogen and oxygen atoms in total. The number of hydrogen-bond acceptors (Lipinski definition) is 2. The maximum absolute atomic E-state index is 13.8. The normalized spacial score (nSPS) is 11.2. The number of rotatable bonds is 2. The summed E-state index contributed by atoms with van der Waals surface area (Å²) in [5.41, 5.74) is -0.178. The van der Waals surface area contributed by atoms with Crippen LogP contribution in [-0.4, -0.2) is 4.98 Å². The molecule has 0 saturated heterocycles. The number of nitrogens with zero attached hydrogens (tertiary/aromatic N) is 2. The molecule has 102 valence electrons. The van der Waals surface area contributed by atoms with E-state index in [4.69, 9.17) is 5.26 Å². The SMILES string of the molecule is N#CCc1cnc(-c2ccc(C(F)(F)F)cc2)c(F)c1. The molecule has 0 radical (unpaired) electrons. The van der Waals surface area contributed by atoms with E-state index in [-0.39, 0.29) is 17.7 Å². The second kappa shape index (κ2) is 5.29. The fraction of sp³-hybridized carbons (Fsp3) is 0.143. The lowest BCUT2D eigenvalue weighted by atomic mass is 10.1. The van der Waals surface area contributed by atoms with Gasteiger partial charge in [0.25, 0.3) is 0 Å². The molecule has 0 aliphatic carbocycles. The highest BCUT2D eigenvalue weighted by Crippen LogP contribution is 2.31. The molecular formula is C14H8F4N2. The minimum absolute atomic E-state index is 0.0250. The van der Waals surface area contributed by atoms with Gasteiger partial charge in [0.05, 0.1) is 18.1 Å². The summed E-state index contributed by atoms with van der Waals surface area (Å²) in [6.07, 6.45) is -3.07. The van der Waals surface area contributed by atoms with E-state index in [0.717, 1.165) is 30.3 Å². The van der Waals surface area contributed by atoms with Gasteiger partial charge in [0, 0.05) is 11.8 Å². The number of nitriles is 1. The molecule has 0 aliphatic heterocycles. The van der Waals surface area contributed by atoms with E-state index in [2.05, 4.69) is 4.98 Å². The van der Waals surface area contributed by atoms with Crippen molar-refractivity contribution in [2.75, 3.05) is 0 Å². The first kappa shape index (κ1) is 14.0. The van der Waals surface area contributed by atoms with Crippen molar-refractivity contribution >= 4 is 0 Å². The molecule has 2 rings (SSSR count). The minimum atomic E-state index is -4.43. The highest BCUT2D eigenvalue weighted by atomic mass is 19.4. The standard InChI is InChI=1S/C14H8F4N2/c15-12-7-9(5-6-19)8-20-13(12)10-1-3-11(4-2-10)14(16,17)18/h1-4,7-8H,5H2. The van der Waals surface area contributed by atoms with E-state index in [1.165, 1.54) is 6.20 Å².